The van der Waals surface area contributed by atoms with Crippen molar-refractivity contribution in [3.8, 4) is 16.9 Å². The SMILES string of the molecule is Cc1cc(S(=O)(=O)NC(C)C)ccc1C(=O)N1CCOc2ccc(-c3ccc(N)nc3)cc2C1. The maximum absolute atomic E-state index is 13.4. The highest BCUT2D eigenvalue weighted by molar-refractivity contribution is 7.89. The molecule has 178 valence electrons. The number of rotatable bonds is 5. The van der Waals surface area contributed by atoms with Gasteiger partial charge in [-0.3, -0.25) is 4.79 Å². The number of aromatic nitrogens is 1. The first-order chi connectivity index (χ1) is 16.1. The monoisotopic (exact) mass is 480 g/mol. The van der Waals surface area contributed by atoms with Crippen molar-refractivity contribution in [2.24, 2.45) is 0 Å². The molecule has 1 aromatic heterocycles. The van der Waals surface area contributed by atoms with Gasteiger partial charge in [-0.1, -0.05) is 6.07 Å². The van der Waals surface area contributed by atoms with E-state index in [4.69, 9.17) is 10.5 Å². The number of carbonyl (C=O) groups excluding carboxylic acids is 1. The summed E-state index contributed by atoms with van der Waals surface area (Å²) in [4.78, 5) is 19.4. The number of nitrogens with two attached hydrogens (primary N) is 1. The topological polar surface area (TPSA) is 115 Å². The molecule has 2 heterocycles. The van der Waals surface area contributed by atoms with Gasteiger partial charge in [-0.15, -0.1) is 0 Å². The molecule has 0 atom stereocenters. The normalized spacial score (nSPS) is 13.8. The summed E-state index contributed by atoms with van der Waals surface area (Å²) in [6.07, 6.45) is 1.71. The summed E-state index contributed by atoms with van der Waals surface area (Å²) < 4.78 is 33.4. The van der Waals surface area contributed by atoms with E-state index in [0.717, 1.165) is 22.4 Å². The second-order valence-electron chi connectivity index (χ2n) is 8.62. The molecule has 0 unspecified atom stereocenters. The van der Waals surface area contributed by atoms with Crippen LogP contribution in [0, 0.1) is 6.92 Å². The predicted octanol–water partition coefficient (Wildman–Crippen LogP) is 3.36. The maximum Gasteiger partial charge on any atom is 0.254 e. The Labute approximate surface area is 199 Å². The number of pyridine rings is 1. The standard InChI is InChI=1S/C25H28N4O4S/c1-16(2)28-34(31,32)21-6-7-22(17(3)12-21)25(30)29-10-11-33-23-8-4-18(13-20(23)15-29)19-5-9-24(26)27-14-19/h4-9,12-14,16,28H,10-11,15H2,1-3H3,(H2,26,27). The number of anilines is 1. The molecule has 0 spiro atoms. The molecule has 1 aliphatic heterocycles. The first kappa shape index (κ1) is 23.7. The molecule has 1 amide bonds. The van der Waals surface area contributed by atoms with Gasteiger partial charge in [0.15, 0.2) is 0 Å². The molecule has 9 heteroatoms. The number of carbonyl (C=O) groups is 1. The van der Waals surface area contributed by atoms with E-state index >= 15 is 0 Å². The molecular formula is C25H28N4O4S. The van der Waals surface area contributed by atoms with Gasteiger partial charge in [0, 0.05) is 35.5 Å². The van der Waals surface area contributed by atoms with E-state index in [2.05, 4.69) is 9.71 Å². The van der Waals surface area contributed by atoms with E-state index in [1.54, 1.807) is 44.0 Å². The zero-order chi connectivity index (χ0) is 24.5. The minimum absolute atomic E-state index is 0.140. The summed E-state index contributed by atoms with van der Waals surface area (Å²) in [5, 5.41) is 0. The average Bonchev–Trinajstić information content (AvgIpc) is 3.00. The summed E-state index contributed by atoms with van der Waals surface area (Å²) in [7, 11) is -3.64. The van der Waals surface area contributed by atoms with Crippen molar-refractivity contribution in [1.82, 2.24) is 14.6 Å². The molecule has 8 nitrogen and oxygen atoms in total. The van der Waals surface area contributed by atoms with Crippen molar-refractivity contribution < 1.29 is 17.9 Å². The minimum atomic E-state index is -3.64. The maximum atomic E-state index is 13.4. The lowest BCUT2D eigenvalue weighted by atomic mass is 10.0. The van der Waals surface area contributed by atoms with Gasteiger partial charge < -0.3 is 15.4 Å². The van der Waals surface area contributed by atoms with Crippen LogP contribution in [-0.2, 0) is 16.6 Å². The molecule has 4 rings (SSSR count). The van der Waals surface area contributed by atoms with Crippen molar-refractivity contribution in [2.45, 2.75) is 38.3 Å². The fourth-order valence-electron chi connectivity index (χ4n) is 3.92. The second kappa shape index (κ2) is 9.44. The first-order valence-electron chi connectivity index (χ1n) is 11.0. The number of sulfonamides is 1. The number of hydrogen-bond acceptors (Lipinski definition) is 6. The largest absolute Gasteiger partial charge is 0.491 e. The summed E-state index contributed by atoms with van der Waals surface area (Å²) in [6, 6.07) is 13.9. The zero-order valence-corrected chi connectivity index (χ0v) is 20.2. The van der Waals surface area contributed by atoms with Crippen LogP contribution in [0.2, 0.25) is 0 Å². The summed E-state index contributed by atoms with van der Waals surface area (Å²) in [5.74, 6) is 1.02. The van der Waals surface area contributed by atoms with Crippen LogP contribution in [0.25, 0.3) is 11.1 Å². The summed E-state index contributed by atoms with van der Waals surface area (Å²) in [5.41, 5.74) is 9.52. The Kier molecular flexibility index (Phi) is 6.58. The fraction of sp³-hybridized carbons (Fsp3) is 0.280. The van der Waals surface area contributed by atoms with E-state index in [-0.39, 0.29) is 16.8 Å². The lowest BCUT2D eigenvalue weighted by molar-refractivity contribution is 0.0732. The third-order valence-electron chi connectivity index (χ3n) is 5.58. The highest BCUT2D eigenvalue weighted by Gasteiger charge is 2.24. The zero-order valence-electron chi connectivity index (χ0n) is 19.4. The first-order valence-corrected chi connectivity index (χ1v) is 12.5. The number of hydrogen-bond donors (Lipinski definition) is 2. The molecule has 0 radical (unpaired) electrons. The molecule has 1 aliphatic rings. The van der Waals surface area contributed by atoms with E-state index in [1.807, 2.05) is 24.3 Å². The number of amides is 1. The second-order valence-corrected chi connectivity index (χ2v) is 10.3. The number of ether oxygens (including phenoxy) is 1. The minimum Gasteiger partial charge on any atom is -0.491 e. The number of aryl methyl sites for hydroxylation is 1. The van der Waals surface area contributed by atoms with Crippen LogP contribution in [-0.4, -0.2) is 43.4 Å². The van der Waals surface area contributed by atoms with Crippen molar-refractivity contribution >= 4 is 21.7 Å². The van der Waals surface area contributed by atoms with Crippen LogP contribution in [0.3, 0.4) is 0 Å². The number of fused-ring (bicyclic) bond motifs is 1. The Morgan fingerprint density at radius 1 is 1.12 bits per heavy atom. The lowest BCUT2D eigenvalue weighted by Gasteiger charge is -2.21. The summed E-state index contributed by atoms with van der Waals surface area (Å²) in [6.45, 7) is 6.42. The van der Waals surface area contributed by atoms with Crippen molar-refractivity contribution in [3.05, 3.63) is 71.4 Å². The molecular weight excluding hydrogens is 452 g/mol. The Balaban J connectivity index is 1.59. The fourth-order valence-corrected chi connectivity index (χ4v) is 5.25. The molecule has 0 saturated carbocycles. The molecule has 2 aromatic carbocycles. The highest BCUT2D eigenvalue weighted by Crippen LogP contribution is 2.30. The number of nitrogens with zero attached hydrogens (tertiary/aromatic N) is 2. The van der Waals surface area contributed by atoms with E-state index < -0.39 is 10.0 Å². The van der Waals surface area contributed by atoms with Gasteiger partial charge in [-0.25, -0.2) is 18.1 Å². The van der Waals surface area contributed by atoms with Crippen LogP contribution in [0.5, 0.6) is 5.75 Å². The molecule has 3 N–H and O–H groups in total. The molecule has 0 aliphatic carbocycles. The highest BCUT2D eigenvalue weighted by atomic mass is 32.2. The smallest absolute Gasteiger partial charge is 0.254 e. The molecule has 0 bridgehead atoms. The number of nitrogen functional groups attached to an aromatic ring is 1. The van der Waals surface area contributed by atoms with E-state index in [9.17, 15) is 13.2 Å². The third-order valence-corrected chi connectivity index (χ3v) is 7.23. The predicted molar refractivity (Wildman–Crippen MR) is 131 cm³/mol. The van der Waals surface area contributed by atoms with Crippen LogP contribution < -0.4 is 15.2 Å². The van der Waals surface area contributed by atoms with Gasteiger partial charge in [0.25, 0.3) is 5.91 Å². The van der Waals surface area contributed by atoms with Crippen LogP contribution >= 0.6 is 0 Å². The van der Waals surface area contributed by atoms with Gasteiger partial charge in [-0.2, -0.15) is 0 Å². The Bertz CT molecular complexity index is 1320. The Morgan fingerprint density at radius 2 is 1.88 bits per heavy atom. The number of nitrogens with one attached hydrogen (secondary N) is 1. The lowest BCUT2D eigenvalue weighted by Crippen LogP contribution is -2.33. The van der Waals surface area contributed by atoms with Crippen LogP contribution in [0.15, 0.2) is 59.6 Å². The molecule has 34 heavy (non-hydrogen) atoms. The van der Waals surface area contributed by atoms with Crippen LogP contribution in [0.1, 0.15) is 35.3 Å². The van der Waals surface area contributed by atoms with Gasteiger partial charge >= 0.3 is 0 Å². The van der Waals surface area contributed by atoms with Crippen molar-refractivity contribution in [2.75, 3.05) is 18.9 Å². The Morgan fingerprint density at radius 3 is 2.56 bits per heavy atom. The van der Waals surface area contributed by atoms with Crippen LogP contribution in [0.4, 0.5) is 5.82 Å². The number of benzene rings is 2. The average molecular weight is 481 g/mol. The quantitative estimate of drug-likeness (QED) is 0.579. The molecule has 0 saturated heterocycles. The third kappa shape index (κ3) is 5.05. The van der Waals surface area contributed by atoms with E-state index in [1.165, 1.54) is 12.1 Å². The van der Waals surface area contributed by atoms with Crippen molar-refractivity contribution in [3.63, 3.8) is 0 Å². The molecule has 3 aromatic rings. The van der Waals surface area contributed by atoms with Gasteiger partial charge in [0.1, 0.15) is 18.2 Å². The Hall–Kier alpha value is -3.43. The summed E-state index contributed by atoms with van der Waals surface area (Å²) >= 11 is 0. The molecule has 0 fully saturated rings. The van der Waals surface area contributed by atoms with E-state index in [0.29, 0.717) is 36.6 Å². The van der Waals surface area contributed by atoms with Crippen molar-refractivity contribution in [1.29, 1.82) is 0 Å². The van der Waals surface area contributed by atoms with Gasteiger partial charge in [0.05, 0.1) is 11.4 Å². The van der Waals surface area contributed by atoms with Gasteiger partial charge in [0.2, 0.25) is 10.0 Å². The van der Waals surface area contributed by atoms with Gasteiger partial charge in [-0.05, 0) is 74.4 Å².